The molecule has 0 aromatic heterocycles. The summed E-state index contributed by atoms with van der Waals surface area (Å²) in [5.74, 6) is 1.89. The van der Waals surface area contributed by atoms with Crippen LogP contribution in [0.4, 0.5) is 13.2 Å². The van der Waals surface area contributed by atoms with Crippen molar-refractivity contribution in [2.75, 3.05) is 6.61 Å². The highest BCUT2D eigenvalue weighted by Gasteiger charge is 2.32. The van der Waals surface area contributed by atoms with Crippen LogP contribution in [-0.2, 0) is 4.74 Å². The van der Waals surface area contributed by atoms with Gasteiger partial charge < -0.3 is 9.47 Å². The molecule has 3 rings (SSSR count). The van der Waals surface area contributed by atoms with E-state index in [1.807, 2.05) is 25.2 Å². The lowest BCUT2D eigenvalue weighted by molar-refractivity contribution is -0.274. The first-order chi connectivity index (χ1) is 14.4. The number of ether oxygens (including phenoxy) is 2. The molecule has 1 aromatic carbocycles. The Hall–Kier alpha value is -1.75. The van der Waals surface area contributed by atoms with Gasteiger partial charge in [-0.2, -0.15) is 0 Å². The van der Waals surface area contributed by atoms with Crippen molar-refractivity contribution in [3.05, 3.63) is 54.1 Å². The Morgan fingerprint density at radius 1 is 0.867 bits per heavy atom. The van der Waals surface area contributed by atoms with E-state index < -0.39 is 6.36 Å². The molecule has 30 heavy (non-hydrogen) atoms. The summed E-state index contributed by atoms with van der Waals surface area (Å²) in [5, 5.41) is 0. The van der Waals surface area contributed by atoms with Crippen LogP contribution in [0.15, 0.2) is 48.6 Å². The number of hydrogen-bond donors (Lipinski definition) is 0. The zero-order chi connectivity index (χ0) is 21.4. The van der Waals surface area contributed by atoms with E-state index in [0.717, 1.165) is 43.1 Å². The van der Waals surface area contributed by atoms with Gasteiger partial charge in [0.1, 0.15) is 5.75 Å². The number of rotatable bonds is 7. The van der Waals surface area contributed by atoms with Crippen molar-refractivity contribution < 1.29 is 22.6 Å². The van der Waals surface area contributed by atoms with Gasteiger partial charge in [0, 0.05) is 0 Å². The second-order valence-electron chi connectivity index (χ2n) is 8.55. The summed E-state index contributed by atoms with van der Waals surface area (Å²) in [6, 6.07) is 6.45. The van der Waals surface area contributed by atoms with Crippen molar-refractivity contribution in [1.29, 1.82) is 0 Å². The number of benzene rings is 1. The van der Waals surface area contributed by atoms with E-state index in [2.05, 4.69) is 10.8 Å². The van der Waals surface area contributed by atoms with E-state index in [9.17, 15) is 13.2 Å². The summed E-state index contributed by atoms with van der Waals surface area (Å²) in [5.41, 5.74) is 1.13. The molecule has 0 heterocycles. The van der Waals surface area contributed by atoms with Crippen LogP contribution in [0.3, 0.4) is 0 Å². The first kappa shape index (κ1) is 22.9. The quantitative estimate of drug-likeness (QED) is 0.422. The van der Waals surface area contributed by atoms with Gasteiger partial charge in [-0.05, 0) is 93.7 Å². The molecule has 0 atom stereocenters. The fraction of sp³-hybridized carbons (Fsp3) is 0.600. The molecule has 2 saturated carbocycles. The minimum atomic E-state index is -4.63. The predicted octanol–water partition coefficient (Wildman–Crippen LogP) is 7.57. The maximum atomic E-state index is 12.3. The Morgan fingerprint density at radius 3 is 2.03 bits per heavy atom. The molecule has 2 fully saturated rings. The zero-order valence-electron chi connectivity index (χ0n) is 17.7. The maximum Gasteiger partial charge on any atom is 0.573 e. The van der Waals surface area contributed by atoms with Crippen LogP contribution in [0, 0.1) is 11.8 Å². The monoisotopic (exact) mass is 422 g/mol. The lowest BCUT2D eigenvalue weighted by Gasteiger charge is -2.38. The third-order valence-electron chi connectivity index (χ3n) is 6.61. The molecule has 2 aliphatic carbocycles. The third kappa shape index (κ3) is 7.19. The molecule has 0 spiro atoms. The van der Waals surface area contributed by atoms with Crippen molar-refractivity contribution in [3.8, 4) is 5.75 Å². The average Bonchev–Trinajstić information content (AvgIpc) is 2.74. The van der Waals surface area contributed by atoms with Gasteiger partial charge in [-0.15, -0.1) is 13.2 Å². The summed E-state index contributed by atoms with van der Waals surface area (Å²) < 4.78 is 46.9. The fourth-order valence-corrected chi connectivity index (χ4v) is 5.03. The Balaban J connectivity index is 1.39. The second-order valence-corrected chi connectivity index (χ2v) is 8.55. The molecule has 0 saturated heterocycles. The van der Waals surface area contributed by atoms with Crippen molar-refractivity contribution >= 4 is 0 Å². The summed E-state index contributed by atoms with van der Waals surface area (Å²) in [4.78, 5) is 0. The number of allylic oxidation sites excluding steroid dienone is 3. The highest BCUT2D eigenvalue weighted by Crippen LogP contribution is 2.43. The molecule has 0 amide bonds. The summed E-state index contributed by atoms with van der Waals surface area (Å²) in [6.07, 6.45) is 13.4. The van der Waals surface area contributed by atoms with E-state index in [1.165, 1.54) is 37.8 Å². The molecule has 0 aliphatic heterocycles. The topological polar surface area (TPSA) is 18.5 Å². The molecule has 0 bridgehead atoms. The van der Waals surface area contributed by atoms with Gasteiger partial charge in [-0.1, -0.05) is 36.4 Å². The predicted molar refractivity (Wildman–Crippen MR) is 113 cm³/mol. The zero-order valence-corrected chi connectivity index (χ0v) is 17.7. The largest absolute Gasteiger partial charge is 0.573 e. The van der Waals surface area contributed by atoms with E-state index >= 15 is 0 Å². The number of halogens is 3. The molecule has 5 heteroatoms. The summed E-state index contributed by atoms with van der Waals surface area (Å²) in [7, 11) is 0. The number of hydrogen-bond acceptors (Lipinski definition) is 2. The van der Waals surface area contributed by atoms with Crippen LogP contribution in [0.1, 0.15) is 69.8 Å². The molecule has 0 unspecified atom stereocenters. The lowest BCUT2D eigenvalue weighted by atomic mass is 9.69. The van der Waals surface area contributed by atoms with E-state index in [1.54, 1.807) is 12.1 Å². The van der Waals surface area contributed by atoms with Crippen molar-refractivity contribution in [2.24, 2.45) is 11.8 Å². The Bertz CT molecular complexity index is 677. The van der Waals surface area contributed by atoms with E-state index in [4.69, 9.17) is 4.74 Å². The molecule has 0 N–H and O–H groups in total. The van der Waals surface area contributed by atoms with Crippen LogP contribution < -0.4 is 4.74 Å². The molecule has 2 aliphatic rings. The van der Waals surface area contributed by atoms with Crippen molar-refractivity contribution in [2.45, 2.75) is 76.7 Å². The van der Waals surface area contributed by atoms with Gasteiger partial charge >= 0.3 is 6.36 Å². The standard InChI is InChI=1S/C25H33F3O2/c1-2-3-4-5-18-29-23-14-10-21(11-15-23)19-6-8-20(9-7-19)22-12-16-24(17-13-22)30-25(26,27)28/h2-5,12-13,16-17,19-21,23H,6-11,14-15,18H2,1H3. The minimum absolute atomic E-state index is 0.142. The van der Waals surface area contributed by atoms with Crippen molar-refractivity contribution in [1.82, 2.24) is 0 Å². The molecule has 0 radical (unpaired) electrons. The van der Waals surface area contributed by atoms with Crippen LogP contribution in [0.2, 0.25) is 0 Å². The highest BCUT2D eigenvalue weighted by atomic mass is 19.4. The van der Waals surface area contributed by atoms with Gasteiger partial charge in [0.05, 0.1) is 12.7 Å². The van der Waals surface area contributed by atoms with Crippen LogP contribution in [0.5, 0.6) is 5.75 Å². The van der Waals surface area contributed by atoms with Gasteiger partial charge in [0.25, 0.3) is 0 Å². The molecule has 2 nitrogen and oxygen atoms in total. The number of alkyl halides is 3. The van der Waals surface area contributed by atoms with Gasteiger partial charge in [-0.25, -0.2) is 0 Å². The maximum absolute atomic E-state index is 12.3. The molecule has 1 aromatic rings. The second kappa shape index (κ2) is 11.0. The minimum Gasteiger partial charge on any atom is -0.406 e. The van der Waals surface area contributed by atoms with Crippen molar-refractivity contribution in [3.63, 3.8) is 0 Å². The van der Waals surface area contributed by atoms with Gasteiger partial charge in [0.15, 0.2) is 0 Å². The molecular weight excluding hydrogens is 389 g/mol. The Labute approximate surface area is 178 Å². The van der Waals surface area contributed by atoms with E-state index in [0.29, 0.717) is 18.6 Å². The van der Waals surface area contributed by atoms with Gasteiger partial charge in [0.2, 0.25) is 0 Å². The van der Waals surface area contributed by atoms with E-state index in [-0.39, 0.29) is 5.75 Å². The lowest BCUT2D eigenvalue weighted by Crippen LogP contribution is -2.28. The summed E-state index contributed by atoms with van der Waals surface area (Å²) in [6.45, 7) is 2.70. The normalized spacial score (nSPS) is 28.3. The first-order valence-electron chi connectivity index (χ1n) is 11.2. The highest BCUT2D eigenvalue weighted by molar-refractivity contribution is 5.29. The van der Waals surface area contributed by atoms with Crippen LogP contribution >= 0.6 is 0 Å². The molecular formula is C25H33F3O2. The first-order valence-corrected chi connectivity index (χ1v) is 11.2. The Kier molecular flexibility index (Phi) is 8.43. The average molecular weight is 423 g/mol. The SMILES string of the molecule is CC=CC=CCOC1CCC(C2CCC(c3ccc(OC(F)(F)F)cc3)CC2)CC1. The third-order valence-corrected chi connectivity index (χ3v) is 6.61. The van der Waals surface area contributed by atoms with Crippen LogP contribution in [0.25, 0.3) is 0 Å². The summed E-state index contributed by atoms with van der Waals surface area (Å²) >= 11 is 0. The van der Waals surface area contributed by atoms with Crippen LogP contribution in [-0.4, -0.2) is 19.1 Å². The Morgan fingerprint density at radius 2 is 1.47 bits per heavy atom. The van der Waals surface area contributed by atoms with Gasteiger partial charge in [-0.3, -0.25) is 0 Å². The fourth-order valence-electron chi connectivity index (χ4n) is 5.03. The smallest absolute Gasteiger partial charge is 0.406 e. The molecule has 166 valence electrons.